The number of para-hydroxylation sites is 1. The molecule has 3 rings (SSSR count). The molecule has 1 atom stereocenters. The number of hydrogen-bond donors (Lipinski definition) is 1. The van der Waals surface area contributed by atoms with Crippen LogP contribution in [-0.4, -0.2) is 44.9 Å². The van der Waals surface area contributed by atoms with Crippen molar-refractivity contribution < 1.29 is 32.2 Å². The number of fused-ring (bicyclic) bond motifs is 1. The van der Waals surface area contributed by atoms with Crippen molar-refractivity contribution in [2.45, 2.75) is 12.3 Å². The molecule has 28 heavy (non-hydrogen) atoms. The van der Waals surface area contributed by atoms with Crippen LogP contribution in [0.1, 0.15) is 22.1 Å². The molecule has 2 aromatic rings. The van der Waals surface area contributed by atoms with Gasteiger partial charge in [-0.3, -0.25) is 4.79 Å². The second-order valence-electron chi connectivity index (χ2n) is 6.10. The SMILES string of the molecule is COc1cc([C@@H]2Nc3ccccc3C(=O)N2CC(F)(F)F)cc(OC)c1OC. The zero-order valence-corrected chi connectivity index (χ0v) is 15.5. The van der Waals surface area contributed by atoms with Crippen LogP contribution in [0.25, 0.3) is 0 Å². The van der Waals surface area contributed by atoms with Crippen LogP contribution in [0.2, 0.25) is 0 Å². The topological polar surface area (TPSA) is 60.0 Å². The molecule has 0 aliphatic carbocycles. The van der Waals surface area contributed by atoms with Crippen molar-refractivity contribution in [3.8, 4) is 17.2 Å². The molecule has 9 heteroatoms. The lowest BCUT2D eigenvalue weighted by Crippen LogP contribution is -2.47. The Morgan fingerprint density at radius 3 is 2.18 bits per heavy atom. The summed E-state index contributed by atoms with van der Waals surface area (Å²) in [6, 6.07) is 9.46. The minimum atomic E-state index is -4.57. The predicted molar refractivity (Wildman–Crippen MR) is 96.0 cm³/mol. The van der Waals surface area contributed by atoms with Crippen LogP contribution in [0.15, 0.2) is 36.4 Å². The first-order valence-electron chi connectivity index (χ1n) is 8.32. The van der Waals surface area contributed by atoms with Gasteiger partial charge in [0.2, 0.25) is 5.75 Å². The summed E-state index contributed by atoms with van der Waals surface area (Å²) in [6.07, 6.45) is -5.64. The summed E-state index contributed by atoms with van der Waals surface area (Å²) in [5.74, 6) is 0.137. The van der Waals surface area contributed by atoms with E-state index in [4.69, 9.17) is 14.2 Å². The van der Waals surface area contributed by atoms with Crippen molar-refractivity contribution in [3.05, 3.63) is 47.5 Å². The van der Waals surface area contributed by atoms with Gasteiger partial charge in [-0.1, -0.05) is 12.1 Å². The van der Waals surface area contributed by atoms with Crippen LogP contribution < -0.4 is 19.5 Å². The number of anilines is 1. The van der Waals surface area contributed by atoms with E-state index in [1.54, 1.807) is 18.2 Å². The fourth-order valence-electron chi connectivity index (χ4n) is 3.17. The number of alkyl halides is 3. The monoisotopic (exact) mass is 396 g/mol. The van der Waals surface area contributed by atoms with Crippen LogP contribution in [0.5, 0.6) is 17.2 Å². The number of halogens is 3. The Hall–Kier alpha value is -3.10. The van der Waals surface area contributed by atoms with Gasteiger partial charge in [0.1, 0.15) is 12.7 Å². The number of nitrogens with zero attached hydrogens (tertiary/aromatic N) is 1. The number of carbonyl (C=O) groups is 1. The fourth-order valence-corrected chi connectivity index (χ4v) is 3.17. The highest BCUT2D eigenvalue weighted by Gasteiger charge is 2.41. The quantitative estimate of drug-likeness (QED) is 0.832. The molecular weight excluding hydrogens is 377 g/mol. The lowest BCUT2D eigenvalue weighted by atomic mass is 10.0. The zero-order chi connectivity index (χ0) is 20.5. The molecule has 150 valence electrons. The third-order valence-corrected chi connectivity index (χ3v) is 4.37. The number of nitrogens with one attached hydrogen (secondary N) is 1. The summed E-state index contributed by atoms with van der Waals surface area (Å²) in [6.45, 7) is -1.41. The molecule has 0 radical (unpaired) electrons. The number of methoxy groups -OCH3 is 3. The maximum absolute atomic E-state index is 13.2. The normalized spacial score (nSPS) is 16.3. The molecule has 0 bridgehead atoms. The summed E-state index contributed by atoms with van der Waals surface area (Å²) < 4.78 is 55.4. The maximum atomic E-state index is 13.2. The molecule has 0 unspecified atom stereocenters. The summed E-state index contributed by atoms with van der Waals surface area (Å²) in [5, 5.41) is 3.01. The minimum Gasteiger partial charge on any atom is -0.493 e. The number of ether oxygens (including phenoxy) is 3. The van der Waals surface area contributed by atoms with Gasteiger partial charge in [-0.25, -0.2) is 0 Å². The standard InChI is InChI=1S/C19H19F3N2O4/c1-26-14-8-11(9-15(27-2)16(14)28-3)17-23-13-7-5-4-6-12(13)18(25)24(17)10-19(20,21)22/h4-9,17,23H,10H2,1-3H3/t17-/m1/s1. The highest BCUT2D eigenvalue weighted by atomic mass is 19.4. The van der Waals surface area contributed by atoms with E-state index in [9.17, 15) is 18.0 Å². The van der Waals surface area contributed by atoms with Crippen LogP contribution in [-0.2, 0) is 0 Å². The van der Waals surface area contributed by atoms with Gasteiger partial charge in [0.05, 0.1) is 26.9 Å². The first-order valence-corrected chi connectivity index (χ1v) is 8.32. The number of hydrogen-bond acceptors (Lipinski definition) is 5. The average molecular weight is 396 g/mol. The van der Waals surface area contributed by atoms with Gasteiger partial charge in [-0.15, -0.1) is 0 Å². The third kappa shape index (κ3) is 3.64. The lowest BCUT2D eigenvalue weighted by molar-refractivity contribution is -0.144. The number of carbonyl (C=O) groups excluding carboxylic acids is 1. The Labute approximate surface area is 159 Å². The van der Waals surface area contributed by atoms with Gasteiger partial charge in [-0.2, -0.15) is 13.2 Å². The number of amides is 1. The molecule has 1 N–H and O–H groups in total. The largest absolute Gasteiger partial charge is 0.493 e. The van der Waals surface area contributed by atoms with Crippen molar-refractivity contribution >= 4 is 11.6 Å². The van der Waals surface area contributed by atoms with Crippen molar-refractivity contribution in [1.29, 1.82) is 0 Å². The molecule has 0 fully saturated rings. The molecule has 0 saturated heterocycles. The van der Waals surface area contributed by atoms with Crippen LogP contribution in [0, 0.1) is 0 Å². The third-order valence-electron chi connectivity index (χ3n) is 4.37. The molecule has 0 aromatic heterocycles. The van der Waals surface area contributed by atoms with Crippen molar-refractivity contribution in [1.82, 2.24) is 4.90 Å². The van der Waals surface area contributed by atoms with E-state index in [1.165, 1.54) is 39.5 Å². The molecule has 1 heterocycles. The molecule has 2 aromatic carbocycles. The van der Waals surface area contributed by atoms with Gasteiger partial charge in [0, 0.05) is 11.3 Å². The van der Waals surface area contributed by atoms with Crippen LogP contribution in [0.4, 0.5) is 18.9 Å². The zero-order valence-electron chi connectivity index (χ0n) is 15.5. The van der Waals surface area contributed by atoms with Gasteiger partial charge < -0.3 is 24.4 Å². The molecule has 1 aliphatic rings. The lowest BCUT2D eigenvalue weighted by Gasteiger charge is -2.38. The fraction of sp³-hybridized carbons (Fsp3) is 0.316. The molecule has 1 aliphatic heterocycles. The van der Waals surface area contributed by atoms with E-state index in [0.717, 1.165) is 4.90 Å². The van der Waals surface area contributed by atoms with Gasteiger partial charge in [0.25, 0.3) is 5.91 Å². The second-order valence-corrected chi connectivity index (χ2v) is 6.10. The van der Waals surface area contributed by atoms with E-state index in [1.807, 2.05) is 0 Å². The van der Waals surface area contributed by atoms with E-state index in [2.05, 4.69) is 5.32 Å². The first kappa shape index (κ1) is 19.7. The van der Waals surface area contributed by atoms with E-state index < -0.39 is 24.8 Å². The Morgan fingerprint density at radius 1 is 1.04 bits per heavy atom. The Kier molecular flexibility index (Phi) is 5.26. The summed E-state index contributed by atoms with van der Waals surface area (Å²) in [5.41, 5.74) is 0.988. The van der Waals surface area contributed by atoms with Crippen molar-refractivity contribution in [2.24, 2.45) is 0 Å². The van der Waals surface area contributed by atoms with Crippen molar-refractivity contribution in [3.63, 3.8) is 0 Å². The maximum Gasteiger partial charge on any atom is 0.406 e. The second kappa shape index (κ2) is 7.49. The average Bonchev–Trinajstić information content (AvgIpc) is 2.67. The highest BCUT2D eigenvalue weighted by molar-refractivity contribution is 6.01. The smallest absolute Gasteiger partial charge is 0.406 e. The molecular formula is C19H19F3N2O4. The molecule has 0 spiro atoms. The Bertz CT molecular complexity index is 861. The number of rotatable bonds is 5. The van der Waals surface area contributed by atoms with Crippen molar-refractivity contribution in [2.75, 3.05) is 33.2 Å². The molecule has 6 nitrogen and oxygen atoms in total. The number of benzene rings is 2. The summed E-state index contributed by atoms with van der Waals surface area (Å²) in [7, 11) is 4.24. The summed E-state index contributed by atoms with van der Waals surface area (Å²) in [4.78, 5) is 13.5. The van der Waals surface area contributed by atoms with E-state index >= 15 is 0 Å². The minimum absolute atomic E-state index is 0.176. The van der Waals surface area contributed by atoms with Crippen LogP contribution in [0.3, 0.4) is 0 Å². The van der Waals surface area contributed by atoms with E-state index in [-0.39, 0.29) is 17.1 Å². The Morgan fingerprint density at radius 2 is 1.64 bits per heavy atom. The first-order chi connectivity index (χ1) is 13.3. The summed E-state index contributed by atoms with van der Waals surface area (Å²) >= 11 is 0. The van der Waals surface area contributed by atoms with E-state index in [0.29, 0.717) is 17.0 Å². The van der Waals surface area contributed by atoms with Crippen LogP contribution >= 0.6 is 0 Å². The molecule has 0 saturated carbocycles. The predicted octanol–water partition coefficient (Wildman–Crippen LogP) is 3.84. The van der Waals surface area contributed by atoms with Gasteiger partial charge >= 0.3 is 6.18 Å². The highest BCUT2D eigenvalue weighted by Crippen LogP contribution is 2.43. The Balaban J connectivity index is 2.13. The molecule has 1 amide bonds. The van der Waals surface area contributed by atoms with Gasteiger partial charge in [-0.05, 0) is 24.3 Å². The van der Waals surface area contributed by atoms with Gasteiger partial charge in [0.15, 0.2) is 11.5 Å².